The van der Waals surface area contributed by atoms with Gasteiger partial charge in [-0.2, -0.15) is 10.2 Å². The van der Waals surface area contributed by atoms with Crippen LogP contribution in [0.15, 0.2) is 10.2 Å². The van der Waals surface area contributed by atoms with Gasteiger partial charge in [0.1, 0.15) is 6.61 Å². The summed E-state index contributed by atoms with van der Waals surface area (Å²) >= 11 is 0. The van der Waals surface area contributed by atoms with Crippen molar-refractivity contribution < 1.29 is 18.3 Å². The molecule has 0 radical (unpaired) electrons. The molecule has 2 aliphatic rings. The first-order valence-electron chi connectivity index (χ1n) is 6.57. The zero-order chi connectivity index (χ0) is 14.6. The molecule has 0 aromatic heterocycles. The highest BCUT2D eigenvalue weighted by atomic mass is 19.3. The molecule has 0 saturated carbocycles. The van der Waals surface area contributed by atoms with E-state index in [0.717, 1.165) is 4.90 Å². The van der Waals surface area contributed by atoms with Crippen molar-refractivity contribution in [2.24, 2.45) is 10.2 Å². The number of amides is 1. The predicted octanol–water partition coefficient (Wildman–Crippen LogP) is 1.84. The van der Waals surface area contributed by atoms with Gasteiger partial charge in [0, 0.05) is 32.2 Å². The van der Waals surface area contributed by atoms with E-state index in [0.29, 0.717) is 19.3 Å². The van der Waals surface area contributed by atoms with Crippen LogP contribution in [0.2, 0.25) is 0 Å². The molecule has 0 atom stereocenters. The second-order valence-corrected chi connectivity index (χ2v) is 5.11. The molecule has 1 amide bonds. The molecule has 0 aromatic rings. The van der Waals surface area contributed by atoms with Gasteiger partial charge in [-0.05, 0) is 0 Å². The molecule has 0 aromatic carbocycles. The standard InChI is InChI=1S/C13H17F2N3O2/c1-2-3-5-13(16-17-13)6-4-11(19)18-7-8-20-10-12(14,15)9-18/h1H,3-10H2. The summed E-state index contributed by atoms with van der Waals surface area (Å²) in [5.74, 6) is -0.794. The highest BCUT2D eigenvalue weighted by molar-refractivity contribution is 5.76. The van der Waals surface area contributed by atoms with Crippen LogP contribution in [0.4, 0.5) is 8.78 Å². The SMILES string of the molecule is C#CCCC1(CCC(=O)N2CCOCC(F)(F)C2)N=N1. The lowest BCUT2D eigenvalue weighted by atomic mass is 10.0. The summed E-state index contributed by atoms with van der Waals surface area (Å²) in [7, 11) is 0. The van der Waals surface area contributed by atoms with Gasteiger partial charge in [-0.15, -0.1) is 12.3 Å². The molecule has 7 heteroatoms. The number of ether oxygens (including phenoxy) is 1. The number of hydrogen-bond donors (Lipinski definition) is 0. The first kappa shape index (κ1) is 14.9. The quantitative estimate of drug-likeness (QED) is 0.724. The number of nitrogens with zero attached hydrogens (tertiary/aromatic N) is 3. The summed E-state index contributed by atoms with van der Waals surface area (Å²) in [5.41, 5.74) is -0.549. The van der Waals surface area contributed by atoms with Crippen LogP contribution in [0.1, 0.15) is 25.7 Å². The third-order valence-corrected chi connectivity index (χ3v) is 3.39. The van der Waals surface area contributed by atoms with Gasteiger partial charge in [0.05, 0.1) is 13.2 Å². The van der Waals surface area contributed by atoms with E-state index in [1.807, 2.05) is 0 Å². The average molecular weight is 285 g/mol. The van der Waals surface area contributed by atoms with Crippen LogP contribution in [-0.2, 0) is 9.53 Å². The van der Waals surface area contributed by atoms with E-state index in [1.165, 1.54) is 0 Å². The van der Waals surface area contributed by atoms with E-state index < -0.39 is 24.7 Å². The lowest BCUT2D eigenvalue weighted by Crippen LogP contribution is -2.41. The van der Waals surface area contributed by atoms with E-state index in [-0.39, 0.29) is 25.5 Å². The Bertz CT molecular complexity index is 439. The predicted molar refractivity (Wildman–Crippen MR) is 67.2 cm³/mol. The fourth-order valence-electron chi connectivity index (χ4n) is 2.15. The van der Waals surface area contributed by atoms with Crippen LogP contribution >= 0.6 is 0 Å². The van der Waals surface area contributed by atoms with Crippen LogP contribution in [0.5, 0.6) is 0 Å². The fourth-order valence-corrected chi connectivity index (χ4v) is 2.15. The normalized spacial score (nSPS) is 22.9. The minimum atomic E-state index is -2.98. The van der Waals surface area contributed by atoms with E-state index in [2.05, 4.69) is 16.1 Å². The molecule has 2 aliphatic heterocycles. The Labute approximate surface area is 116 Å². The Morgan fingerprint density at radius 3 is 2.80 bits per heavy atom. The lowest BCUT2D eigenvalue weighted by Gasteiger charge is -2.23. The third-order valence-electron chi connectivity index (χ3n) is 3.39. The molecule has 0 aliphatic carbocycles. The van der Waals surface area contributed by atoms with E-state index in [9.17, 15) is 13.6 Å². The minimum absolute atomic E-state index is 0.137. The fraction of sp³-hybridized carbons (Fsp3) is 0.769. The second kappa shape index (κ2) is 5.83. The highest BCUT2D eigenvalue weighted by Crippen LogP contribution is 2.37. The maximum Gasteiger partial charge on any atom is 0.288 e. The Hall–Kier alpha value is -1.55. The van der Waals surface area contributed by atoms with Gasteiger partial charge in [-0.25, -0.2) is 8.78 Å². The third kappa shape index (κ3) is 3.97. The number of terminal acetylenes is 1. The number of alkyl halides is 2. The Morgan fingerprint density at radius 2 is 2.15 bits per heavy atom. The van der Waals surface area contributed by atoms with Crippen LogP contribution in [0, 0.1) is 12.3 Å². The Morgan fingerprint density at radius 1 is 1.40 bits per heavy atom. The summed E-state index contributed by atoms with van der Waals surface area (Å²) in [6.07, 6.45) is 6.90. The maximum absolute atomic E-state index is 13.3. The van der Waals surface area contributed by atoms with Crippen LogP contribution in [0.3, 0.4) is 0 Å². The topological polar surface area (TPSA) is 54.3 Å². The van der Waals surface area contributed by atoms with Crippen molar-refractivity contribution in [1.82, 2.24) is 4.90 Å². The van der Waals surface area contributed by atoms with Crippen molar-refractivity contribution in [2.45, 2.75) is 37.3 Å². The second-order valence-electron chi connectivity index (χ2n) is 5.11. The zero-order valence-electron chi connectivity index (χ0n) is 11.1. The van der Waals surface area contributed by atoms with Crippen molar-refractivity contribution in [3.63, 3.8) is 0 Å². The largest absolute Gasteiger partial charge is 0.373 e. The molecule has 5 nitrogen and oxygen atoms in total. The van der Waals surface area contributed by atoms with Gasteiger partial charge < -0.3 is 9.64 Å². The van der Waals surface area contributed by atoms with Gasteiger partial charge in [0.2, 0.25) is 5.91 Å². The van der Waals surface area contributed by atoms with E-state index in [1.54, 1.807) is 0 Å². The van der Waals surface area contributed by atoms with Crippen molar-refractivity contribution in [2.75, 3.05) is 26.3 Å². The van der Waals surface area contributed by atoms with E-state index in [4.69, 9.17) is 11.2 Å². The molecular weight excluding hydrogens is 268 g/mol. The van der Waals surface area contributed by atoms with Crippen molar-refractivity contribution in [1.29, 1.82) is 0 Å². The molecule has 2 heterocycles. The molecule has 2 rings (SSSR count). The van der Waals surface area contributed by atoms with Gasteiger partial charge in [-0.1, -0.05) is 0 Å². The molecule has 20 heavy (non-hydrogen) atoms. The maximum atomic E-state index is 13.3. The van der Waals surface area contributed by atoms with Gasteiger partial charge in [0.15, 0.2) is 5.66 Å². The molecular formula is C13H17F2N3O2. The smallest absolute Gasteiger partial charge is 0.288 e. The first-order valence-corrected chi connectivity index (χ1v) is 6.57. The monoisotopic (exact) mass is 285 g/mol. The molecule has 0 unspecified atom stereocenters. The average Bonchev–Trinajstić information content (AvgIpc) is 3.19. The van der Waals surface area contributed by atoms with Gasteiger partial charge >= 0.3 is 0 Å². The Kier molecular flexibility index (Phi) is 4.33. The van der Waals surface area contributed by atoms with E-state index >= 15 is 0 Å². The number of rotatable bonds is 5. The molecule has 0 spiro atoms. The Balaban J connectivity index is 1.81. The zero-order valence-corrected chi connectivity index (χ0v) is 11.1. The molecule has 0 bridgehead atoms. The number of halogens is 2. The van der Waals surface area contributed by atoms with Crippen LogP contribution in [-0.4, -0.2) is 48.7 Å². The van der Waals surface area contributed by atoms with Gasteiger partial charge in [-0.3, -0.25) is 4.79 Å². The number of carbonyl (C=O) groups is 1. The summed E-state index contributed by atoms with van der Waals surface area (Å²) in [5, 5.41) is 7.84. The molecule has 110 valence electrons. The molecule has 1 fully saturated rings. The van der Waals surface area contributed by atoms with Crippen molar-refractivity contribution in [3.8, 4) is 12.3 Å². The van der Waals surface area contributed by atoms with Crippen molar-refractivity contribution >= 4 is 5.91 Å². The van der Waals surface area contributed by atoms with Gasteiger partial charge in [0.25, 0.3) is 5.92 Å². The summed E-state index contributed by atoms with van der Waals surface area (Å²) in [4.78, 5) is 13.2. The molecule has 1 saturated heterocycles. The molecule has 0 N–H and O–H groups in total. The lowest BCUT2D eigenvalue weighted by molar-refractivity contribution is -0.136. The number of carbonyl (C=O) groups excluding carboxylic acids is 1. The first-order chi connectivity index (χ1) is 9.46. The van der Waals surface area contributed by atoms with Crippen LogP contribution < -0.4 is 0 Å². The summed E-state index contributed by atoms with van der Waals surface area (Å²) in [6, 6.07) is 0. The van der Waals surface area contributed by atoms with Crippen LogP contribution in [0.25, 0.3) is 0 Å². The summed E-state index contributed by atoms with van der Waals surface area (Å²) in [6.45, 7) is -0.886. The summed E-state index contributed by atoms with van der Waals surface area (Å²) < 4.78 is 31.5. The van der Waals surface area contributed by atoms with Crippen molar-refractivity contribution in [3.05, 3.63) is 0 Å². The minimum Gasteiger partial charge on any atom is -0.373 e. The highest BCUT2D eigenvalue weighted by Gasteiger charge is 2.41. The number of hydrogen-bond acceptors (Lipinski definition) is 4.